The van der Waals surface area contributed by atoms with Crippen molar-refractivity contribution in [1.82, 2.24) is 10.2 Å². The summed E-state index contributed by atoms with van der Waals surface area (Å²) < 4.78 is 31.2. The molecule has 0 amide bonds. The van der Waals surface area contributed by atoms with Crippen LogP contribution in [0.4, 0.5) is 0 Å². The van der Waals surface area contributed by atoms with Crippen LogP contribution in [0.15, 0.2) is 0 Å². The van der Waals surface area contributed by atoms with Crippen LogP contribution in [-0.2, 0) is 28.5 Å². The molecule has 14 nitrogen and oxygen atoms in total. The number of Topliss-reactive ketones (excluding diaryl/α,β-unsaturated/α-hetero) is 1. The van der Waals surface area contributed by atoms with E-state index in [1.807, 2.05) is 39.8 Å². The Morgan fingerprint density at radius 3 is 2.17 bits per heavy atom. The minimum absolute atomic E-state index is 0.141. The van der Waals surface area contributed by atoms with Gasteiger partial charge in [-0.25, -0.2) is 0 Å². The summed E-state index contributed by atoms with van der Waals surface area (Å²) in [4.78, 5) is 14.9. The van der Waals surface area contributed by atoms with Crippen LogP contribution < -0.4 is 5.32 Å². The molecule has 14 heteroatoms. The van der Waals surface area contributed by atoms with Crippen LogP contribution in [0.3, 0.4) is 0 Å². The van der Waals surface area contributed by atoms with Crippen LogP contribution in [0.1, 0.15) is 102 Å². The number of methoxy groups -OCH3 is 1. The van der Waals surface area contributed by atoms with Crippen molar-refractivity contribution in [1.29, 1.82) is 0 Å². The SMILES string of the molecule is CC[C@H](O)[C@@](C)(O)[C@H](O)[C@@H](C)NC[C@H](C)C[C@@](C)(O)[C@H](OC1O[C@H](C)C[C@H](N(C)C)[C@H]1O)[C@@H](C)[C@H](OC1C[C@@](C)(OC)[C@@H](O)[C@H](C)O1)[C@@H](C)C(C)=O. The zero-order valence-corrected chi connectivity index (χ0v) is 34.3. The number of likely N-dealkylation sites (N-methyl/N-ethyl adjacent to an activating group) is 1. The van der Waals surface area contributed by atoms with Crippen molar-refractivity contribution in [2.75, 3.05) is 27.7 Å². The minimum Gasteiger partial charge on any atom is -0.390 e. The fourth-order valence-corrected chi connectivity index (χ4v) is 8.02. The van der Waals surface area contributed by atoms with Crippen LogP contribution in [-0.4, -0.2) is 159 Å². The first-order valence-electron chi connectivity index (χ1n) is 19.1. The number of hydrogen-bond donors (Lipinski definition) is 7. The quantitative estimate of drug-likeness (QED) is 0.0947. The Labute approximate surface area is 312 Å². The molecule has 0 bridgehead atoms. The number of rotatable bonds is 20. The molecular weight excluding hydrogens is 676 g/mol. The molecule has 2 unspecified atom stereocenters. The van der Waals surface area contributed by atoms with Crippen molar-refractivity contribution >= 4 is 5.78 Å². The molecule has 0 aliphatic carbocycles. The van der Waals surface area contributed by atoms with Gasteiger partial charge in [-0.2, -0.15) is 0 Å². The third kappa shape index (κ3) is 11.6. The molecule has 2 aliphatic heterocycles. The Kier molecular flexibility index (Phi) is 17.6. The summed E-state index contributed by atoms with van der Waals surface area (Å²) >= 11 is 0. The van der Waals surface area contributed by atoms with Crippen molar-refractivity contribution in [3.63, 3.8) is 0 Å². The molecule has 2 aliphatic rings. The van der Waals surface area contributed by atoms with E-state index in [9.17, 15) is 35.4 Å². The average Bonchev–Trinajstić information content (AvgIpc) is 3.06. The maximum Gasteiger partial charge on any atom is 0.185 e. The largest absolute Gasteiger partial charge is 0.390 e. The lowest BCUT2D eigenvalue weighted by Crippen LogP contribution is -2.60. The van der Waals surface area contributed by atoms with Gasteiger partial charge in [-0.3, -0.25) is 4.79 Å². The first kappa shape index (κ1) is 47.3. The monoisotopic (exact) mass is 751 g/mol. The van der Waals surface area contributed by atoms with Crippen LogP contribution in [0.2, 0.25) is 0 Å². The van der Waals surface area contributed by atoms with E-state index in [4.69, 9.17) is 23.7 Å². The number of ether oxygens (including phenoxy) is 5. The lowest BCUT2D eigenvalue weighted by Gasteiger charge is -2.48. The van der Waals surface area contributed by atoms with Crippen LogP contribution in [0.25, 0.3) is 0 Å². The van der Waals surface area contributed by atoms with Gasteiger partial charge in [-0.1, -0.05) is 27.7 Å². The van der Waals surface area contributed by atoms with E-state index < -0.39 is 90.0 Å². The second-order valence-corrected chi connectivity index (χ2v) is 16.9. The van der Waals surface area contributed by atoms with Gasteiger partial charge in [0, 0.05) is 37.5 Å². The lowest BCUT2D eigenvalue weighted by atomic mass is 9.77. The highest BCUT2D eigenvalue weighted by Gasteiger charge is 2.51. The summed E-state index contributed by atoms with van der Waals surface area (Å²) in [6.07, 6.45) is -7.79. The van der Waals surface area contributed by atoms with E-state index in [1.54, 1.807) is 41.5 Å². The zero-order chi connectivity index (χ0) is 40.1. The highest BCUT2D eigenvalue weighted by molar-refractivity contribution is 5.78. The Balaban J connectivity index is 2.46. The molecule has 7 N–H and O–H groups in total. The summed E-state index contributed by atoms with van der Waals surface area (Å²) in [5, 5.41) is 69.8. The Hall–Kier alpha value is -0.850. The topological polar surface area (TPSA) is 200 Å². The van der Waals surface area contributed by atoms with Crippen molar-refractivity contribution in [2.45, 2.75) is 192 Å². The fourth-order valence-electron chi connectivity index (χ4n) is 8.02. The summed E-state index contributed by atoms with van der Waals surface area (Å²) in [6.45, 7) is 19.3. The number of ketones is 1. The van der Waals surface area contributed by atoms with Crippen LogP contribution in [0.5, 0.6) is 0 Å². The summed E-state index contributed by atoms with van der Waals surface area (Å²) in [6, 6.07) is -0.860. The molecule has 2 heterocycles. The predicted octanol–water partition coefficient (Wildman–Crippen LogP) is 1.58. The van der Waals surface area contributed by atoms with E-state index in [-0.39, 0.29) is 43.1 Å². The predicted molar refractivity (Wildman–Crippen MR) is 196 cm³/mol. The molecule has 308 valence electrons. The van der Waals surface area contributed by atoms with E-state index in [2.05, 4.69) is 5.32 Å². The molecule has 18 atom stereocenters. The smallest absolute Gasteiger partial charge is 0.185 e. The van der Waals surface area contributed by atoms with Crippen molar-refractivity contribution in [3.05, 3.63) is 0 Å². The normalized spacial score (nSPS) is 35.8. The molecule has 2 saturated heterocycles. The summed E-state index contributed by atoms with van der Waals surface area (Å²) in [5.41, 5.74) is -4.27. The lowest BCUT2D eigenvalue weighted by molar-refractivity contribution is -0.317. The van der Waals surface area contributed by atoms with Crippen molar-refractivity contribution < 1.29 is 59.1 Å². The molecule has 0 radical (unpaired) electrons. The van der Waals surface area contributed by atoms with Crippen LogP contribution >= 0.6 is 0 Å². The molecule has 2 fully saturated rings. The number of nitrogens with zero attached hydrogens (tertiary/aromatic N) is 1. The average molecular weight is 751 g/mol. The number of carbonyl (C=O) groups is 1. The second kappa shape index (κ2) is 19.3. The third-order valence-electron chi connectivity index (χ3n) is 11.8. The first-order chi connectivity index (χ1) is 23.8. The summed E-state index contributed by atoms with van der Waals surface area (Å²) in [5.74, 6) is -1.66. The van der Waals surface area contributed by atoms with Gasteiger partial charge >= 0.3 is 0 Å². The molecule has 0 aromatic heterocycles. The van der Waals surface area contributed by atoms with Crippen molar-refractivity contribution in [3.8, 4) is 0 Å². The molecule has 0 saturated carbocycles. The second-order valence-electron chi connectivity index (χ2n) is 16.9. The Morgan fingerprint density at radius 2 is 1.65 bits per heavy atom. The maximum atomic E-state index is 13.0. The highest BCUT2D eigenvalue weighted by Crippen LogP contribution is 2.39. The molecule has 0 aromatic carbocycles. The number of hydrogen-bond acceptors (Lipinski definition) is 14. The van der Waals surface area contributed by atoms with Gasteiger partial charge in [0.2, 0.25) is 0 Å². The minimum atomic E-state index is -1.73. The highest BCUT2D eigenvalue weighted by atomic mass is 16.7. The van der Waals surface area contributed by atoms with Gasteiger partial charge in [0.05, 0.1) is 47.8 Å². The summed E-state index contributed by atoms with van der Waals surface area (Å²) in [7, 11) is 5.27. The van der Waals surface area contributed by atoms with Gasteiger partial charge in [-0.05, 0) is 94.3 Å². The van der Waals surface area contributed by atoms with Gasteiger partial charge in [0.1, 0.15) is 23.6 Å². The van der Waals surface area contributed by atoms with Crippen molar-refractivity contribution in [2.24, 2.45) is 17.8 Å². The van der Waals surface area contributed by atoms with Gasteiger partial charge in [0.15, 0.2) is 12.6 Å². The Bertz CT molecular complexity index is 1100. The molecule has 0 spiro atoms. The molecule has 52 heavy (non-hydrogen) atoms. The number of aliphatic hydroxyl groups excluding tert-OH is 4. The zero-order valence-electron chi connectivity index (χ0n) is 34.3. The Morgan fingerprint density at radius 1 is 1.06 bits per heavy atom. The standard InChI is InChI=1S/C38H74N2O12/c1-15-28(42)38(11,47)32(44)24(6)39-19-20(2)17-36(9,46)34(52-35-30(43)27(40(12)13)16-21(3)49-35)23(5)31(22(4)25(7)41)51-29-18-37(10,48-14)33(45)26(8)50-29/h20-24,26-35,39,42-47H,15-19H2,1-14H3/t20-,21-,22+,23+,24-,26+,27+,28+,29?,30-,31-,32-,33+,34-,35?,36-,37-,38-/m1/s1. The molecular formula is C38H74N2O12. The van der Waals surface area contributed by atoms with Gasteiger partial charge in [0.25, 0.3) is 0 Å². The number of nitrogens with one attached hydrogen (secondary N) is 1. The molecule has 2 rings (SSSR count). The van der Waals surface area contributed by atoms with E-state index in [0.29, 0.717) is 13.0 Å². The van der Waals surface area contributed by atoms with Crippen LogP contribution in [0, 0.1) is 17.8 Å². The van der Waals surface area contributed by atoms with Gasteiger partial charge < -0.3 is 64.5 Å². The van der Waals surface area contributed by atoms with E-state index >= 15 is 0 Å². The number of carbonyl (C=O) groups excluding carboxylic acids is 1. The maximum absolute atomic E-state index is 13.0. The number of aliphatic hydroxyl groups is 6. The van der Waals surface area contributed by atoms with E-state index in [0.717, 1.165) is 0 Å². The fraction of sp³-hybridized carbons (Fsp3) is 0.974. The third-order valence-corrected chi connectivity index (χ3v) is 11.8. The first-order valence-corrected chi connectivity index (χ1v) is 19.1. The molecule has 0 aromatic rings. The van der Waals surface area contributed by atoms with E-state index in [1.165, 1.54) is 21.0 Å². The van der Waals surface area contributed by atoms with Gasteiger partial charge in [-0.15, -0.1) is 0 Å².